The second kappa shape index (κ2) is 4.50. The molecule has 0 bridgehead atoms. The van der Waals surface area contributed by atoms with E-state index in [4.69, 9.17) is 39.0 Å². The van der Waals surface area contributed by atoms with Crippen LogP contribution in [0.2, 0.25) is 0 Å². The maximum Gasteiger partial charge on any atom is 0.353 e. The Labute approximate surface area is 104 Å². The summed E-state index contributed by atoms with van der Waals surface area (Å²) < 4.78 is 26.4. The van der Waals surface area contributed by atoms with Gasteiger partial charge in [0.1, 0.15) is 6.10 Å². The zero-order valence-electron chi connectivity index (χ0n) is 8.44. The lowest BCUT2D eigenvalue weighted by Gasteiger charge is -2.16. The highest BCUT2D eigenvalue weighted by Gasteiger charge is 2.50. The van der Waals surface area contributed by atoms with Crippen LogP contribution >= 0.6 is 31.6 Å². The second-order valence-corrected chi connectivity index (χ2v) is 7.27. The van der Waals surface area contributed by atoms with Gasteiger partial charge in [-0.3, -0.25) is 4.57 Å². The van der Waals surface area contributed by atoms with E-state index < -0.39 is 7.60 Å². The maximum atomic E-state index is 11.0. The van der Waals surface area contributed by atoms with Gasteiger partial charge in [-0.15, -0.1) is 0 Å². The van der Waals surface area contributed by atoms with Crippen LogP contribution in [0.5, 0.6) is 0 Å². The van der Waals surface area contributed by atoms with E-state index in [9.17, 15) is 4.57 Å². The topological polar surface area (TPSA) is 65.0 Å². The average Bonchev–Trinajstić information content (AvgIpc) is 2.62. The van der Waals surface area contributed by atoms with Gasteiger partial charge in [-0.2, -0.15) is 11.8 Å². The summed E-state index contributed by atoms with van der Waals surface area (Å²) in [6.45, 7) is 1.23. The van der Waals surface area contributed by atoms with Crippen LogP contribution < -0.4 is 0 Å². The molecule has 2 aliphatic heterocycles. The van der Waals surface area contributed by atoms with Gasteiger partial charge in [0.05, 0.1) is 19.7 Å². The molecule has 2 radical (unpaired) electrons. The number of fused-ring (bicyclic) bond motifs is 1. The average molecular weight is 280 g/mol. The highest BCUT2D eigenvalue weighted by molar-refractivity contribution is 8.02. The molecule has 0 aromatic heterocycles. The molecule has 0 aromatic rings. The number of thioether (sulfide) groups is 1. The SMILES string of the molecule is [B]C1SC(COP(C)(=O)O)C2OC(=S)OC12. The van der Waals surface area contributed by atoms with E-state index in [2.05, 4.69) is 0 Å². The quantitative estimate of drug-likeness (QED) is 0.458. The van der Waals surface area contributed by atoms with Crippen molar-refractivity contribution in [3.8, 4) is 0 Å². The van der Waals surface area contributed by atoms with Crippen molar-refractivity contribution in [3.63, 3.8) is 0 Å². The molecule has 5 atom stereocenters. The van der Waals surface area contributed by atoms with Crippen molar-refractivity contribution in [2.24, 2.45) is 0 Å². The number of hydrogen-bond donors (Lipinski definition) is 1. The van der Waals surface area contributed by atoms with Crippen molar-refractivity contribution in [1.82, 2.24) is 0 Å². The van der Waals surface area contributed by atoms with Crippen molar-refractivity contribution in [3.05, 3.63) is 0 Å². The molecule has 9 heteroatoms. The molecule has 0 spiro atoms. The van der Waals surface area contributed by atoms with Gasteiger partial charge in [0.15, 0.2) is 6.10 Å². The van der Waals surface area contributed by atoms with Crippen LogP contribution in [0.4, 0.5) is 0 Å². The predicted octanol–water partition coefficient (Wildman–Crippen LogP) is 0.497. The minimum absolute atomic E-state index is 0.0828. The first-order valence-electron chi connectivity index (χ1n) is 4.60. The van der Waals surface area contributed by atoms with E-state index in [-0.39, 0.29) is 34.5 Å². The number of rotatable bonds is 3. The molecule has 2 rings (SSSR count). The van der Waals surface area contributed by atoms with Crippen LogP contribution in [0.25, 0.3) is 0 Å². The molecule has 2 aliphatic rings. The molecule has 2 saturated heterocycles. The molecule has 1 N–H and O–H groups in total. The van der Waals surface area contributed by atoms with E-state index in [1.54, 1.807) is 0 Å². The molecule has 0 aliphatic carbocycles. The summed E-state index contributed by atoms with van der Waals surface area (Å²) >= 11 is 6.19. The molecule has 16 heavy (non-hydrogen) atoms. The Balaban J connectivity index is 1.96. The third-order valence-electron chi connectivity index (χ3n) is 2.29. The summed E-state index contributed by atoms with van der Waals surface area (Å²) in [6, 6.07) is 0. The van der Waals surface area contributed by atoms with E-state index in [1.165, 1.54) is 11.8 Å². The monoisotopic (exact) mass is 280 g/mol. The summed E-state index contributed by atoms with van der Waals surface area (Å²) in [7, 11) is 2.35. The van der Waals surface area contributed by atoms with E-state index in [0.717, 1.165) is 6.66 Å². The van der Waals surface area contributed by atoms with Crippen molar-refractivity contribution in [1.29, 1.82) is 0 Å². The Morgan fingerprint density at radius 2 is 2.25 bits per heavy atom. The number of thiocarbonyl (C=S) groups is 1. The lowest BCUT2D eigenvalue weighted by Crippen LogP contribution is -2.31. The van der Waals surface area contributed by atoms with Crippen LogP contribution in [0, 0.1) is 0 Å². The van der Waals surface area contributed by atoms with Gasteiger partial charge in [-0.25, -0.2) is 0 Å². The van der Waals surface area contributed by atoms with Crippen LogP contribution in [0.15, 0.2) is 0 Å². The standard InChI is InChI=1S/C7H10BO5PS2/c1-14(9,10)11-2-3-4-5(6(8)16-3)13-7(15)12-4/h3-6H,2H2,1H3,(H,9,10). The summed E-state index contributed by atoms with van der Waals surface area (Å²) in [5.41, 5.74) is 0. The molecular weight excluding hydrogens is 270 g/mol. The first-order chi connectivity index (χ1) is 7.37. The fraction of sp³-hybridized carbons (Fsp3) is 0.857. The highest BCUT2D eigenvalue weighted by Crippen LogP contribution is 2.43. The van der Waals surface area contributed by atoms with Crippen LogP contribution in [-0.4, -0.2) is 53.9 Å². The largest absolute Gasteiger partial charge is 0.449 e. The Morgan fingerprint density at radius 3 is 2.88 bits per heavy atom. The fourth-order valence-electron chi connectivity index (χ4n) is 1.63. The first kappa shape index (κ1) is 12.7. The summed E-state index contributed by atoms with van der Waals surface area (Å²) in [6.07, 6.45) is -0.583. The minimum Gasteiger partial charge on any atom is -0.449 e. The molecule has 0 amide bonds. The van der Waals surface area contributed by atoms with E-state index in [0.29, 0.717) is 0 Å². The molecule has 5 nitrogen and oxygen atoms in total. The van der Waals surface area contributed by atoms with Crippen molar-refractivity contribution >= 4 is 44.7 Å². The maximum absolute atomic E-state index is 11.0. The lowest BCUT2D eigenvalue weighted by atomic mass is 9.94. The zero-order chi connectivity index (χ0) is 11.9. The van der Waals surface area contributed by atoms with Gasteiger partial charge in [-0.05, 0) is 0 Å². The van der Waals surface area contributed by atoms with Gasteiger partial charge in [-0.1, -0.05) is 0 Å². The molecule has 5 unspecified atom stereocenters. The zero-order valence-corrected chi connectivity index (χ0v) is 11.0. The molecular formula is C7H10BO5PS2. The van der Waals surface area contributed by atoms with Crippen LogP contribution in [0.3, 0.4) is 0 Å². The van der Waals surface area contributed by atoms with Crippen LogP contribution in [0.1, 0.15) is 0 Å². The number of hydrogen-bond acceptors (Lipinski definition) is 6. The summed E-state index contributed by atoms with van der Waals surface area (Å²) in [5, 5.41) is -0.311. The molecule has 88 valence electrons. The summed E-state index contributed by atoms with van der Waals surface area (Å²) in [5.74, 6) is 0. The Morgan fingerprint density at radius 1 is 1.62 bits per heavy atom. The smallest absolute Gasteiger partial charge is 0.353 e. The number of ether oxygens (including phenoxy) is 2. The Kier molecular flexibility index (Phi) is 3.57. The summed E-state index contributed by atoms with van der Waals surface area (Å²) in [4.78, 5) is 9.03. The van der Waals surface area contributed by atoms with Crippen molar-refractivity contribution < 1.29 is 23.5 Å². The van der Waals surface area contributed by atoms with Gasteiger partial charge < -0.3 is 18.9 Å². The Bertz CT molecular complexity index is 348. The molecule has 0 aromatic carbocycles. The molecule has 2 heterocycles. The molecule has 0 saturated carbocycles. The lowest BCUT2D eigenvalue weighted by molar-refractivity contribution is 0.150. The van der Waals surface area contributed by atoms with Crippen LogP contribution in [-0.2, 0) is 18.6 Å². The predicted molar refractivity (Wildman–Crippen MR) is 65.0 cm³/mol. The second-order valence-electron chi connectivity index (χ2n) is 3.65. The van der Waals surface area contributed by atoms with Gasteiger partial charge in [0.2, 0.25) is 0 Å². The molecule has 2 fully saturated rings. The Hall–Kier alpha value is 0.255. The third kappa shape index (κ3) is 2.74. The first-order valence-corrected chi connectivity index (χ1v) is 7.97. The van der Waals surface area contributed by atoms with Gasteiger partial charge >= 0.3 is 12.8 Å². The van der Waals surface area contributed by atoms with Crippen molar-refractivity contribution in [2.45, 2.75) is 22.6 Å². The van der Waals surface area contributed by atoms with Crippen molar-refractivity contribution in [2.75, 3.05) is 13.3 Å². The minimum atomic E-state index is -3.47. The fourth-order valence-corrected chi connectivity index (χ4v) is 3.67. The van der Waals surface area contributed by atoms with E-state index >= 15 is 0 Å². The highest BCUT2D eigenvalue weighted by atomic mass is 32.2. The normalized spacial score (nSPS) is 41.0. The van der Waals surface area contributed by atoms with Gasteiger partial charge in [0.25, 0.3) is 0 Å². The third-order valence-corrected chi connectivity index (χ3v) is 4.45. The van der Waals surface area contributed by atoms with Gasteiger partial charge in [0, 0.05) is 24.0 Å². The van der Waals surface area contributed by atoms with E-state index in [1.807, 2.05) is 0 Å².